The van der Waals surface area contributed by atoms with Gasteiger partial charge in [0, 0.05) is 0 Å². The van der Waals surface area contributed by atoms with E-state index in [4.69, 9.17) is 5.11 Å². The number of rotatable bonds is 2. The lowest BCUT2D eigenvalue weighted by atomic mass is 10.1. The van der Waals surface area contributed by atoms with Crippen LogP contribution in [0.25, 0.3) is 6.08 Å². The van der Waals surface area contributed by atoms with Gasteiger partial charge >= 0.3 is 0 Å². The minimum absolute atomic E-state index is 0.303. The fourth-order valence-corrected chi connectivity index (χ4v) is 1.09. The lowest BCUT2D eigenvalue weighted by molar-refractivity contribution is 0.475. The van der Waals surface area contributed by atoms with Crippen LogP contribution >= 0.6 is 0 Å². The molecule has 0 fully saturated rings. The summed E-state index contributed by atoms with van der Waals surface area (Å²) in [7, 11) is 0. The molecular formula is C10H12O. The first-order valence-corrected chi connectivity index (χ1v) is 3.72. The number of benzene rings is 1. The van der Waals surface area contributed by atoms with Gasteiger partial charge in [0.15, 0.2) is 0 Å². The molecule has 0 atom stereocenters. The summed E-state index contributed by atoms with van der Waals surface area (Å²) in [6, 6.07) is 5.35. The number of phenolic OH excluding ortho intramolecular Hbond substituents is 1. The Morgan fingerprint density at radius 1 is 1.55 bits per heavy atom. The highest BCUT2D eigenvalue weighted by Crippen LogP contribution is 2.17. The van der Waals surface area contributed by atoms with Crippen LogP contribution in [0.15, 0.2) is 24.8 Å². The molecule has 1 N–H and O–H groups in total. The lowest BCUT2D eigenvalue weighted by Gasteiger charge is -2.02. The Kier molecular flexibility index (Phi) is 2.32. The van der Waals surface area contributed by atoms with Crippen molar-refractivity contribution in [2.24, 2.45) is 0 Å². The van der Waals surface area contributed by atoms with Crippen LogP contribution in [-0.4, -0.2) is 5.11 Å². The van der Waals surface area contributed by atoms with E-state index in [1.54, 1.807) is 18.2 Å². The van der Waals surface area contributed by atoms with Gasteiger partial charge in [-0.05, 0) is 29.7 Å². The first kappa shape index (κ1) is 7.86. The van der Waals surface area contributed by atoms with Gasteiger partial charge < -0.3 is 5.11 Å². The van der Waals surface area contributed by atoms with Gasteiger partial charge in [0.2, 0.25) is 0 Å². The SMILES string of the molecule is C=Cc1cc(O)ccc1CC. The predicted molar refractivity (Wildman–Crippen MR) is 47.6 cm³/mol. The Labute approximate surface area is 67.0 Å². The summed E-state index contributed by atoms with van der Waals surface area (Å²) in [5, 5.41) is 9.12. The van der Waals surface area contributed by atoms with Crippen LogP contribution in [-0.2, 0) is 6.42 Å². The maximum absolute atomic E-state index is 9.12. The molecule has 0 aliphatic heterocycles. The average Bonchev–Trinajstić information content (AvgIpc) is 2.04. The lowest BCUT2D eigenvalue weighted by Crippen LogP contribution is -1.84. The van der Waals surface area contributed by atoms with E-state index >= 15 is 0 Å². The van der Waals surface area contributed by atoms with Gasteiger partial charge in [-0.3, -0.25) is 0 Å². The topological polar surface area (TPSA) is 20.2 Å². The maximum atomic E-state index is 9.12. The summed E-state index contributed by atoms with van der Waals surface area (Å²) in [6.45, 7) is 5.75. The third-order valence-electron chi connectivity index (χ3n) is 1.73. The Morgan fingerprint density at radius 3 is 2.82 bits per heavy atom. The maximum Gasteiger partial charge on any atom is 0.116 e. The monoisotopic (exact) mass is 148 g/mol. The van der Waals surface area contributed by atoms with Crippen molar-refractivity contribution in [2.75, 3.05) is 0 Å². The van der Waals surface area contributed by atoms with Gasteiger partial charge in [-0.1, -0.05) is 25.6 Å². The fraction of sp³-hybridized carbons (Fsp3) is 0.200. The summed E-state index contributed by atoms with van der Waals surface area (Å²) in [6.07, 6.45) is 2.74. The normalized spacial score (nSPS) is 9.55. The van der Waals surface area contributed by atoms with Crippen LogP contribution in [0.3, 0.4) is 0 Å². The molecule has 0 aliphatic rings. The summed E-state index contributed by atoms with van der Waals surface area (Å²) in [4.78, 5) is 0. The van der Waals surface area contributed by atoms with E-state index in [1.807, 2.05) is 6.07 Å². The molecule has 0 amide bonds. The molecule has 0 heterocycles. The summed E-state index contributed by atoms with van der Waals surface area (Å²) >= 11 is 0. The fourth-order valence-electron chi connectivity index (χ4n) is 1.09. The Hall–Kier alpha value is -1.24. The molecule has 1 heteroatoms. The highest BCUT2D eigenvalue weighted by atomic mass is 16.3. The van der Waals surface area contributed by atoms with Gasteiger partial charge in [-0.15, -0.1) is 0 Å². The van der Waals surface area contributed by atoms with Crippen molar-refractivity contribution in [3.05, 3.63) is 35.9 Å². The summed E-state index contributed by atoms with van der Waals surface area (Å²) < 4.78 is 0. The molecular weight excluding hydrogens is 136 g/mol. The molecule has 0 saturated carbocycles. The van der Waals surface area contributed by atoms with Crippen molar-refractivity contribution in [1.82, 2.24) is 0 Å². The molecule has 1 rings (SSSR count). The number of phenols is 1. The highest BCUT2D eigenvalue weighted by Gasteiger charge is 1.96. The zero-order chi connectivity index (χ0) is 8.27. The number of hydrogen-bond donors (Lipinski definition) is 1. The van der Waals surface area contributed by atoms with Crippen LogP contribution in [0.5, 0.6) is 5.75 Å². The largest absolute Gasteiger partial charge is 0.508 e. The number of aromatic hydroxyl groups is 1. The first-order chi connectivity index (χ1) is 5.27. The molecule has 0 saturated heterocycles. The van der Waals surface area contributed by atoms with Crippen LogP contribution in [0.4, 0.5) is 0 Å². The second-order valence-corrected chi connectivity index (χ2v) is 2.44. The van der Waals surface area contributed by atoms with E-state index in [-0.39, 0.29) is 0 Å². The zero-order valence-electron chi connectivity index (χ0n) is 6.67. The minimum atomic E-state index is 0.303. The van der Waals surface area contributed by atoms with Crippen LogP contribution in [0, 0.1) is 0 Å². The second-order valence-electron chi connectivity index (χ2n) is 2.44. The average molecular weight is 148 g/mol. The predicted octanol–water partition coefficient (Wildman–Crippen LogP) is 2.60. The molecule has 0 spiro atoms. The van der Waals surface area contributed by atoms with Crippen LogP contribution in [0.2, 0.25) is 0 Å². The standard InChI is InChI=1S/C10H12O/c1-3-8-5-6-10(11)7-9(8)4-2/h4-7,11H,2-3H2,1H3. The van der Waals surface area contributed by atoms with Crippen LogP contribution in [0.1, 0.15) is 18.1 Å². The Bertz CT molecular complexity index is 264. The van der Waals surface area contributed by atoms with Crippen molar-refractivity contribution >= 4 is 6.08 Å². The molecule has 1 aromatic rings. The quantitative estimate of drug-likeness (QED) is 0.683. The summed E-state index contributed by atoms with van der Waals surface area (Å²) in [5.41, 5.74) is 2.24. The van der Waals surface area contributed by atoms with Gasteiger partial charge in [0.25, 0.3) is 0 Å². The van der Waals surface area contributed by atoms with Crippen LogP contribution < -0.4 is 0 Å². The summed E-state index contributed by atoms with van der Waals surface area (Å²) in [5.74, 6) is 0.303. The van der Waals surface area contributed by atoms with E-state index in [9.17, 15) is 0 Å². The highest BCUT2D eigenvalue weighted by molar-refractivity contribution is 5.54. The molecule has 11 heavy (non-hydrogen) atoms. The smallest absolute Gasteiger partial charge is 0.116 e. The Morgan fingerprint density at radius 2 is 2.27 bits per heavy atom. The van der Waals surface area contributed by atoms with Gasteiger partial charge in [0.1, 0.15) is 5.75 Å². The van der Waals surface area contributed by atoms with Gasteiger partial charge in [-0.2, -0.15) is 0 Å². The number of aryl methyl sites for hydroxylation is 1. The Balaban J connectivity index is 3.16. The van der Waals surface area contributed by atoms with Gasteiger partial charge in [0.05, 0.1) is 0 Å². The van der Waals surface area contributed by atoms with Crippen molar-refractivity contribution in [3.63, 3.8) is 0 Å². The van der Waals surface area contributed by atoms with Crippen molar-refractivity contribution in [1.29, 1.82) is 0 Å². The zero-order valence-corrected chi connectivity index (χ0v) is 6.67. The molecule has 1 nitrogen and oxygen atoms in total. The first-order valence-electron chi connectivity index (χ1n) is 3.72. The van der Waals surface area contributed by atoms with E-state index in [2.05, 4.69) is 13.5 Å². The van der Waals surface area contributed by atoms with Crippen molar-refractivity contribution in [3.8, 4) is 5.75 Å². The molecule has 0 aromatic heterocycles. The molecule has 0 aliphatic carbocycles. The van der Waals surface area contributed by atoms with Crippen molar-refractivity contribution < 1.29 is 5.11 Å². The second kappa shape index (κ2) is 3.24. The third kappa shape index (κ3) is 1.61. The minimum Gasteiger partial charge on any atom is -0.508 e. The molecule has 0 bridgehead atoms. The number of hydrogen-bond acceptors (Lipinski definition) is 1. The molecule has 1 aromatic carbocycles. The molecule has 0 radical (unpaired) electrons. The van der Waals surface area contributed by atoms with E-state index in [0.29, 0.717) is 5.75 Å². The van der Waals surface area contributed by atoms with Crippen molar-refractivity contribution in [2.45, 2.75) is 13.3 Å². The molecule has 58 valence electrons. The molecule has 0 unspecified atom stereocenters. The third-order valence-corrected chi connectivity index (χ3v) is 1.73. The van der Waals surface area contributed by atoms with E-state index < -0.39 is 0 Å². The van der Waals surface area contributed by atoms with E-state index in [0.717, 1.165) is 12.0 Å². The van der Waals surface area contributed by atoms with Gasteiger partial charge in [-0.25, -0.2) is 0 Å². The van der Waals surface area contributed by atoms with E-state index in [1.165, 1.54) is 5.56 Å².